The first-order valence-electron chi connectivity index (χ1n) is 6.69. The lowest BCUT2D eigenvalue weighted by Gasteiger charge is -2.00. The Morgan fingerprint density at radius 2 is 1.71 bits per heavy atom. The number of halogens is 1. The Bertz CT molecular complexity index is 651. The average molecular weight is 302 g/mol. The zero-order valence-corrected chi connectivity index (χ0v) is 12.5. The van der Waals surface area contributed by atoms with Crippen LogP contribution in [0.3, 0.4) is 0 Å². The smallest absolute Gasteiger partial charge is 0.124 e. The van der Waals surface area contributed by atoms with E-state index in [9.17, 15) is 5.11 Å². The monoisotopic (exact) mass is 301 g/mol. The summed E-state index contributed by atoms with van der Waals surface area (Å²) in [5.74, 6) is 0.181. The molecule has 0 unspecified atom stereocenters. The van der Waals surface area contributed by atoms with Crippen molar-refractivity contribution in [1.29, 1.82) is 0 Å². The predicted molar refractivity (Wildman–Crippen MR) is 86.5 cm³/mol. The SMILES string of the molecule is CCCN=Cc1cc(N=Nc2ccc(Cl)cc2)ccc1O. The third-order valence-corrected chi connectivity index (χ3v) is 2.95. The first kappa shape index (κ1) is 15.2. The van der Waals surface area contributed by atoms with Gasteiger partial charge < -0.3 is 5.11 Å². The lowest BCUT2D eigenvalue weighted by molar-refractivity contribution is 0.474. The Balaban J connectivity index is 2.16. The van der Waals surface area contributed by atoms with Gasteiger partial charge in [-0.25, -0.2) is 0 Å². The van der Waals surface area contributed by atoms with Crippen molar-refractivity contribution < 1.29 is 5.11 Å². The molecule has 0 saturated heterocycles. The van der Waals surface area contributed by atoms with Crippen LogP contribution in [0.4, 0.5) is 11.4 Å². The van der Waals surface area contributed by atoms with Crippen molar-refractivity contribution in [2.45, 2.75) is 13.3 Å². The van der Waals surface area contributed by atoms with Crippen LogP contribution in [0.1, 0.15) is 18.9 Å². The Morgan fingerprint density at radius 3 is 2.43 bits per heavy atom. The van der Waals surface area contributed by atoms with Crippen molar-refractivity contribution >= 4 is 29.2 Å². The van der Waals surface area contributed by atoms with Gasteiger partial charge in [0.1, 0.15) is 5.75 Å². The van der Waals surface area contributed by atoms with E-state index in [-0.39, 0.29) is 5.75 Å². The highest BCUT2D eigenvalue weighted by Gasteiger charge is 2.00. The van der Waals surface area contributed by atoms with Crippen molar-refractivity contribution in [3.8, 4) is 5.75 Å². The Hall–Kier alpha value is -2.20. The lowest BCUT2D eigenvalue weighted by atomic mass is 10.2. The summed E-state index contributed by atoms with van der Waals surface area (Å²) in [7, 11) is 0. The van der Waals surface area contributed by atoms with Crippen LogP contribution in [0.25, 0.3) is 0 Å². The minimum Gasteiger partial charge on any atom is -0.507 e. The summed E-state index contributed by atoms with van der Waals surface area (Å²) in [6.45, 7) is 2.78. The molecule has 0 bridgehead atoms. The van der Waals surface area contributed by atoms with Gasteiger partial charge in [-0.15, -0.1) is 0 Å². The zero-order chi connectivity index (χ0) is 15.1. The molecule has 0 amide bonds. The number of aromatic hydroxyl groups is 1. The van der Waals surface area contributed by atoms with Crippen molar-refractivity contribution in [1.82, 2.24) is 0 Å². The molecule has 0 radical (unpaired) electrons. The van der Waals surface area contributed by atoms with Gasteiger partial charge in [0.2, 0.25) is 0 Å². The third-order valence-electron chi connectivity index (χ3n) is 2.70. The normalized spacial score (nSPS) is 11.5. The molecule has 2 aromatic rings. The average Bonchev–Trinajstić information content (AvgIpc) is 2.49. The van der Waals surface area contributed by atoms with E-state index in [0.29, 0.717) is 22.0 Å². The second-order valence-electron chi connectivity index (χ2n) is 4.45. The highest BCUT2D eigenvalue weighted by atomic mass is 35.5. The number of benzene rings is 2. The third kappa shape index (κ3) is 4.68. The molecule has 2 rings (SSSR count). The Morgan fingerprint density at radius 1 is 1.05 bits per heavy atom. The molecule has 21 heavy (non-hydrogen) atoms. The molecule has 1 N–H and O–H groups in total. The number of azo groups is 1. The standard InChI is InChI=1S/C16H16ClN3O/c1-2-9-18-11-12-10-15(7-8-16(12)21)20-19-14-5-3-13(17)4-6-14/h3-8,10-11,21H,2,9H2,1H3. The number of phenolic OH excluding ortho intramolecular Hbond substituents is 1. The van der Waals surface area contributed by atoms with E-state index in [1.807, 2.05) is 6.92 Å². The Kier molecular flexibility index (Phi) is 5.46. The van der Waals surface area contributed by atoms with E-state index in [0.717, 1.165) is 13.0 Å². The molecule has 0 atom stereocenters. The van der Waals surface area contributed by atoms with E-state index < -0.39 is 0 Å². The van der Waals surface area contributed by atoms with E-state index in [4.69, 9.17) is 11.6 Å². The molecule has 0 aliphatic heterocycles. The van der Waals surface area contributed by atoms with Gasteiger partial charge in [0, 0.05) is 23.3 Å². The fraction of sp³-hybridized carbons (Fsp3) is 0.188. The molecule has 0 heterocycles. The van der Waals surface area contributed by atoms with Crippen LogP contribution in [0.5, 0.6) is 5.75 Å². The number of phenols is 1. The van der Waals surface area contributed by atoms with Crippen LogP contribution >= 0.6 is 11.6 Å². The molecule has 2 aromatic carbocycles. The quantitative estimate of drug-likeness (QED) is 0.592. The van der Waals surface area contributed by atoms with E-state index in [2.05, 4.69) is 15.2 Å². The maximum absolute atomic E-state index is 9.77. The summed E-state index contributed by atoms with van der Waals surface area (Å²) in [6.07, 6.45) is 2.62. The molecule has 0 fully saturated rings. The number of aliphatic imine (C=N–C) groups is 1. The van der Waals surface area contributed by atoms with Gasteiger partial charge in [-0.1, -0.05) is 18.5 Å². The second-order valence-corrected chi connectivity index (χ2v) is 4.89. The molecule has 4 nitrogen and oxygen atoms in total. The first-order valence-corrected chi connectivity index (χ1v) is 7.07. The van der Waals surface area contributed by atoms with Crippen molar-refractivity contribution in [2.24, 2.45) is 15.2 Å². The van der Waals surface area contributed by atoms with Gasteiger partial charge in [0.15, 0.2) is 0 Å². The van der Waals surface area contributed by atoms with Crippen molar-refractivity contribution in [2.75, 3.05) is 6.54 Å². The van der Waals surface area contributed by atoms with Gasteiger partial charge in [-0.05, 0) is 48.9 Å². The molecular weight excluding hydrogens is 286 g/mol. The lowest BCUT2D eigenvalue weighted by Crippen LogP contribution is -1.84. The fourth-order valence-electron chi connectivity index (χ4n) is 1.62. The van der Waals surface area contributed by atoms with Crippen LogP contribution in [-0.2, 0) is 0 Å². The summed E-state index contributed by atoms with van der Waals surface area (Å²) in [6, 6.07) is 12.1. The summed E-state index contributed by atoms with van der Waals surface area (Å²) in [5, 5.41) is 18.7. The highest BCUT2D eigenvalue weighted by Crippen LogP contribution is 2.24. The molecule has 108 valence electrons. The van der Waals surface area contributed by atoms with Crippen molar-refractivity contribution in [3.05, 3.63) is 53.1 Å². The van der Waals surface area contributed by atoms with Gasteiger partial charge in [-0.2, -0.15) is 10.2 Å². The van der Waals surface area contributed by atoms with Crippen LogP contribution in [0, 0.1) is 0 Å². The summed E-state index contributed by atoms with van der Waals surface area (Å²) in [5.41, 5.74) is 2.00. The summed E-state index contributed by atoms with van der Waals surface area (Å²) in [4.78, 5) is 4.22. The van der Waals surface area contributed by atoms with Crippen LogP contribution in [0.15, 0.2) is 57.7 Å². The molecule has 0 saturated carbocycles. The van der Waals surface area contributed by atoms with E-state index in [1.165, 1.54) is 0 Å². The Labute approximate surface area is 128 Å². The van der Waals surface area contributed by atoms with E-state index >= 15 is 0 Å². The minimum atomic E-state index is 0.181. The maximum Gasteiger partial charge on any atom is 0.124 e. The first-order chi connectivity index (χ1) is 10.2. The molecular formula is C16H16ClN3O. The van der Waals surface area contributed by atoms with Gasteiger partial charge >= 0.3 is 0 Å². The highest BCUT2D eigenvalue weighted by molar-refractivity contribution is 6.30. The number of hydrogen-bond acceptors (Lipinski definition) is 4. The van der Waals surface area contributed by atoms with Crippen molar-refractivity contribution in [3.63, 3.8) is 0 Å². The zero-order valence-electron chi connectivity index (χ0n) is 11.7. The van der Waals surface area contributed by atoms with Crippen LogP contribution in [0.2, 0.25) is 5.02 Å². The predicted octanol–water partition coefficient (Wildman–Crippen LogP) is 5.29. The molecule has 0 spiro atoms. The van der Waals surface area contributed by atoms with E-state index in [1.54, 1.807) is 48.7 Å². The molecule has 0 aromatic heterocycles. The topological polar surface area (TPSA) is 57.3 Å². The summed E-state index contributed by atoms with van der Waals surface area (Å²) >= 11 is 5.81. The number of nitrogens with zero attached hydrogens (tertiary/aromatic N) is 3. The molecule has 5 heteroatoms. The largest absolute Gasteiger partial charge is 0.507 e. The number of hydrogen-bond donors (Lipinski definition) is 1. The number of rotatable bonds is 5. The molecule has 0 aliphatic rings. The van der Waals surface area contributed by atoms with Crippen LogP contribution in [-0.4, -0.2) is 17.9 Å². The van der Waals surface area contributed by atoms with Gasteiger partial charge in [0.25, 0.3) is 0 Å². The molecule has 0 aliphatic carbocycles. The minimum absolute atomic E-state index is 0.181. The fourth-order valence-corrected chi connectivity index (χ4v) is 1.75. The van der Waals surface area contributed by atoms with Crippen LogP contribution < -0.4 is 0 Å². The van der Waals surface area contributed by atoms with Gasteiger partial charge in [0.05, 0.1) is 11.4 Å². The van der Waals surface area contributed by atoms with Gasteiger partial charge in [-0.3, -0.25) is 4.99 Å². The maximum atomic E-state index is 9.77. The second kappa shape index (κ2) is 7.55. The summed E-state index contributed by atoms with van der Waals surface area (Å²) < 4.78 is 0.